The van der Waals surface area contributed by atoms with Crippen LogP contribution in [0.4, 0.5) is 5.69 Å². The van der Waals surface area contributed by atoms with Crippen LogP contribution in [0.2, 0.25) is 0 Å². The summed E-state index contributed by atoms with van der Waals surface area (Å²) in [6.45, 7) is 6.22. The Morgan fingerprint density at radius 1 is 1.20 bits per heavy atom. The predicted molar refractivity (Wildman–Crippen MR) is 106 cm³/mol. The summed E-state index contributed by atoms with van der Waals surface area (Å²) in [5.74, 6) is -0.0554. The number of aryl methyl sites for hydroxylation is 1. The number of amides is 1. The van der Waals surface area contributed by atoms with Gasteiger partial charge in [-0.2, -0.15) is 0 Å². The van der Waals surface area contributed by atoms with Gasteiger partial charge in [-0.3, -0.25) is 9.69 Å². The van der Waals surface area contributed by atoms with E-state index in [2.05, 4.69) is 34.6 Å². The average Bonchev–Trinajstić information content (AvgIpc) is 2.62. The van der Waals surface area contributed by atoms with E-state index in [9.17, 15) is 4.79 Å². The van der Waals surface area contributed by atoms with Crippen LogP contribution in [0.5, 0.6) is 0 Å². The molecule has 0 unspecified atom stereocenters. The van der Waals surface area contributed by atoms with Gasteiger partial charge in [-0.1, -0.05) is 31.9 Å². The molecule has 25 heavy (non-hydrogen) atoms. The molecule has 1 amide bonds. The highest BCUT2D eigenvalue weighted by Gasteiger charge is 2.12. The van der Waals surface area contributed by atoms with Crippen LogP contribution in [0.15, 0.2) is 24.3 Å². The second-order valence-corrected chi connectivity index (χ2v) is 6.77. The zero-order valence-corrected chi connectivity index (χ0v) is 15.9. The van der Waals surface area contributed by atoms with Gasteiger partial charge in [-0.15, -0.1) is 0 Å². The van der Waals surface area contributed by atoms with E-state index in [1.54, 1.807) is 0 Å². The predicted octanol–water partition coefficient (Wildman–Crippen LogP) is 2.95. The normalized spacial score (nSPS) is 14.9. The van der Waals surface area contributed by atoms with Crippen LogP contribution in [0.25, 0.3) is 0 Å². The number of carbonyl (C=O) groups excluding carboxylic acids is 1. The maximum atomic E-state index is 12.0. The number of thiocarbonyl (C=S) groups is 1. The van der Waals surface area contributed by atoms with Crippen molar-refractivity contribution in [2.24, 2.45) is 0 Å². The molecule has 0 atom stereocenters. The second kappa shape index (κ2) is 11.2. The Balaban J connectivity index is 1.67. The summed E-state index contributed by atoms with van der Waals surface area (Å²) in [6.07, 6.45) is 5.27. The molecule has 0 aliphatic carbocycles. The van der Waals surface area contributed by atoms with Gasteiger partial charge in [0.15, 0.2) is 5.11 Å². The highest BCUT2D eigenvalue weighted by Crippen LogP contribution is 2.12. The fourth-order valence-electron chi connectivity index (χ4n) is 2.77. The molecule has 1 aliphatic heterocycles. The lowest BCUT2D eigenvalue weighted by Crippen LogP contribution is -2.40. The molecule has 0 bridgehead atoms. The van der Waals surface area contributed by atoms with Gasteiger partial charge in [0.05, 0.1) is 13.2 Å². The highest BCUT2D eigenvalue weighted by atomic mass is 32.1. The number of carbonyl (C=O) groups is 1. The number of nitrogens with zero attached hydrogens (tertiary/aromatic N) is 1. The van der Waals surface area contributed by atoms with Gasteiger partial charge >= 0.3 is 0 Å². The van der Waals surface area contributed by atoms with Crippen molar-refractivity contribution in [1.82, 2.24) is 10.2 Å². The molecular weight excluding hydrogens is 334 g/mol. The summed E-state index contributed by atoms with van der Waals surface area (Å²) >= 11 is 5.22. The molecule has 0 aromatic heterocycles. The fourth-order valence-corrected chi connectivity index (χ4v) is 3.00. The van der Waals surface area contributed by atoms with Crippen molar-refractivity contribution in [2.45, 2.75) is 39.0 Å². The van der Waals surface area contributed by atoms with Crippen LogP contribution in [0.3, 0.4) is 0 Å². The quantitative estimate of drug-likeness (QED) is 0.549. The van der Waals surface area contributed by atoms with Gasteiger partial charge in [0.25, 0.3) is 0 Å². The first-order valence-electron chi connectivity index (χ1n) is 9.17. The van der Waals surface area contributed by atoms with Gasteiger partial charge in [0, 0.05) is 31.7 Å². The van der Waals surface area contributed by atoms with Crippen LogP contribution >= 0.6 is 12.2 Å². The second-order valence-electron chi connectivity index (χ2n) is 6.36. The molecule has 1 aromatic carbocycles. The Morgan fingerprint density at radius 3 is 2.60 bits per heavy atom. The fraction of sp³-hybridized carbons (Fsp3) is 0.579. The number of benzene rings is 1. The lowest BCUT2D eigenvalue weighted by Gasteiger charge is -2.26. The SMILES string of the molecule is CCCCCc1ccc(NC(=S)NC(=O)CCN2CCOCC2)cc1. The van der Waals surface area contributed by atoms with Crippen molar-refractivity contribution < 1.29 is 9.53 Å². The van der Waals surface area contributed by atoms with Crippen molar-refractivity contribution in [2.75, 3.05) is 38.2 Å². The molecule has 0 saturated carbocycles. The monoisotopic (exact) mass is 363 g/mol. The summed E-state index contributed by atoms with van der Waals surface area (Å²) < 4.78 is 5.30. The molecule has 2 N–H and O–H groups in total. The zero-order valence-electron chi connectivity index (χ0n) is 15.1. The standard InChI is InChI=1S/C19H29N3O2S/c1-2-3-4-5-16-6-8-17(9-7-16)20-19(25)21-18(23)10-11-22-12-14-24-15-13-22/h6-9H,2-5,10-15H2,1H3,(H2,20,21,23,25). The molecule has 1 fully saturated rings. The maximum Gasteiger partial charge on any atom is 0.227 e. The molecular formula is C19H29N3O2S. The third-order valence-electron chi connectivity index (χ3n) is 4.29. The Bertz CT molecular complexity index is 542. The van der Waals surface area contributed by atoms with Gasteiger partial charge in [-0.05, 0) is 42.8 Å². The van der Waals surface area contributed by atoms with Gasteiger partial charge in [0.1, 0.15) is 0 Å². The highest BCUT2D eigenvalue weighted by molar-refractivity contribution is 7.80. The molecule has 1 saturated heterocycles. The Labute approximate surface area is 156 Å². The van der Waals surface area contributed by atoms with Crippen LogP contribution in [-0.2, 0) is 16.0 Å². The Kier molecular flexibility index (Phi) is 8.86. The largest absolute Gasteiger partial charge is 0.379 e. The summed E-state index contributed by atoms with van der Waals surface area (Å²) in [6, 6.07) is 8.24. The first kappa shape index (κ1) is 19.8. The van der Waals surface area contributed by atoms with E-state index in [4.69, 9.17) is 17.0 Å². The van der Waals surface area contributed by atoms with E-state index in [0.29, 0.717) is 11.5 Å². The third-order valence-corrected chi connectivity index (χ3v) is 4.50. The molecule has 5 nitrogen and oxygen atoms in total. The van der Waals surface area contributed by atoms with Crippen LogP contribution in [0, 0.1) is 0 Å². The average molecular weight is 364 g/mol. The number of hydrogen-bond acceptors (Lipinski definition) is 4. The topological polar surface area (TPSA) is 53.6 Å². The summed E-state index contributed by atoms with van der Waals surface area (Å²) in [7, 11) is 0. The Morgan fingerprint density at radius 2 is 1.92 bits per heavy atom. The number of unbranched alkanes of at least 4 members (excludes halogenated alkanes) is 2. The summed E-state index contributed by atoms with van der Waals surface area (Å²) in [5, 5.41) is 6.17. The summed E-state index contributed by atoms with van der Waals surface area (Å²) in [5.41, 5.74) is 2.23. The number of hydrogen-bond donors (Lipinski definition) is 2. The molecule has 2 rings (SSSR count). The van der Waals surface area contributed by atoms with Gasteiger partial charge in [-0.25, -0.2) is 0 Å². The molecule has 1 aromatic rings. The maximum absolute atomic E-state index is 12.0. The molecule has 1 aliphatic rings. The number of nitrogens with one attached hydrogen (secondary N) is 2. The van der Waals surface area contributed by atoms with E-state index in [0.717, 1.165) is 45.0 Å². The Hall–Kier alpha value is -1.50. The number of anilines is 1. The van der Waals surface area contributed by atoms with Crippen LogP contribution in [-0.4, -0.2) is 48.8 Å². The van der Waals surface area contributed by atoms with Crippen molar-refractivity contribution >= 4 is 28.9 Å². The molecule has 0 spiro atoms. The lowest BCUT2D eigenvalue weighted by atomic mass is 10.1. The van der Waals surface area contributed by atoms with Crippen molar-refractivity contribution in [1.29, 1.82) is 0 Å². The number of ether oxygens (including phenoxy) is 1. The van der Waals surface area contributed by atoms with Crippen molar-refractivity contribution in [3.63, 3.8) is 0 Å². The minimum atomic E-state index is -0.0554. The van der Waals surface area contributed by atoms with E-state index in [-0.39, 0.29) is 5.91 Å². The van der Waals surface area contributed by atoms with Crippen molar-refractivity contribution in [3.05, 3.63) is 29.8 Å². The van der Waals surface area contributed by atoms with E-state index in [1.807, 2.05) is 12.1 Å². The van der Waals surface area contributed by atoms with Crippen molar-refractivity contribution in [3.8, 4) is 0 Å². The van der Waals surface area contributed by atoms with E-state index >= 15 is 0 Å². The molecule has 138 valence electrons. The number of rotatable bonds is 8. The first-order valence-corrected chi connectivity index (χ1v) is 9.58. The zero-order chi connectivity index (χ0) is 17.9. The van der Waals surface area contributed by atoms with Crippen LogP contribution in [0.1, 0.15) is 38.2 Å². The molecule has 6 heteroatoms. The smallest absolute Gasteiger partial charge is 0.227 e. The molecule has 1 heterocycles. The minimum absolute atomic E-state index is 0.0554. The van der Waals surface area contributed by atoms with Gasteiger partial charge in [0.2, 0.25) is 5.91 Å². The number of morpholine rings is 1. The minimum Gasteiger partial charge on any atom is -0.379 e. The van der Waals surface area contributed by atoms with Crippen LogP contribution < -0.4 is 10.6 Å². The first-order chi connectivity index (χ1) is 12.2. The summed E-state index contributed by atoms with van der Waals surface area (Å²) in [4.78, 5) is 14.2. The van der Waals surface area contributed by atoms with E-state index < -0.39 is 0 Å². The lowest BCUT2D eigenvalue weighted by molar-refractivity contribution is -0.120. The van der Waals surface area contributed by atoms with Gasteiger partial charge < -0.3 is 15.4 Å². The van der Waals surface area contributed by atoms with E-state index in [1.165, 1.54) is 24.8 Å². The third kappa shape index (κ3) is 7.94. The molecule has 0 radical (unpaired) electrons.